The van der Waals surface area contributed by atoms with Crippen LogP contribution in [-0.4, -0.2) is 40.9 Å². The maximum absolute atomic E-state index is 13.6. The smallest absolute Gasteiger partial charge is 0.339 e. The monoisotopic (exact) mass is 511 g/mol. The third-order valence-corrected chi connectivity index (χ3v) is 6.33. The molecule has 1 heterocycles. The highest BCUT2D eigenvalue weighted by Crippen LogP contribution is 2.33. The summed E-state index contributed by atoms with van der Waals surface area (Å²) in [6.45, 7) is 0.846. The minimum absolute atomic E-state index is 0.129. The number of carbonyl (C=O) groups is 2. The van der Waals surface area contributed by atoms with Crippen molar-refractivity contribution in [3.05, 3.63) is 107 Å². The second-order valence-corrected chi connectivity index (χ2v) is 8.81. The van der Waals surface area contributed by atoms with Gasteiger partial charge in [-0.15, -0.1) is 0 Å². The van der Waals surface area contributed by atoms with E-state index in [0.29, 0.717) is 35.7 Å². The third kappa shape index (κ3) is 5.24. The first-order chi connectivity index (χ1) is 18.4. The van der Waals surface area contributed by atoms with Gasteiger partial charge in [-0.25, -0.2) is 4.79 Å². The highest BCUT2D eigenvalue weighted by Gasteiger charge is 2.21. The molecule has 5 rings (SSSR count). The largest absolute Gasteiger partial charge is 0.507 e. The Morgan fingerprint density at radius 2 is 1.45 bits per heavy atom. The lowest BCUT2D eigenvalue weighted by molar-refractivity contribution is 0.0691. The lowest BCUT2D eigenvalue weighted by atomic mass is 10.0. The fourth-order valence-corrected chi connectivity index (χ4v) is 4.27. The van der Waals surface area contributed by atoms with Gasteiger partial charge in [0, 0.05) is 18.7 Å². The molecule has 1 aliphatic rings. The van der Waals surface area contributed by atoms with Gasteiger partial charge in [0.05, 0.1) is 7.11 Å². The Kier molecular flexibility index (Phi) is 6.86. The van der Waals surface area contributed by atoms with Gasteiger partial charge in [0.25, 0.3) is 5.91 Å². The van der Waals surface area contributed by atoms with Gasteiger partial charge >= 0.3 is 5.97 Å². The predicted octanol–water partition coefficient (Wildman–Crippen LogP) is 5.34. The summed E-state index contributed by atoms with van der Waals surface area (Å²) in [5.74, 6) is 0.246. The molecule has 4 aromatic carbocycles. The molecule has 0 radical (unpaired) electrons. The van der Waals surface area contributed by atoms with Crippen LogP contribution in [0.2, 0.25) is 0 Å². The molecule has 1 amide bonds. The van der Waals surface area contributed by atoms with Crippen LogP contribution < -0.4 is 14.2 Å². The van der Waals surface area contributed by atoms with Gasteiger partial charge in [-0.2, -0.15) is 0 Å². The van der Waals surface area contributed by atoms with Crippen LogP contribution in [-0.2, 0) is 13.1 Å². The number of fused-ring (bicyclic) bond motifs is 1. The average Bonchev–Trinajstić information content (AvgIpc) is 3.41. The number of hydrogen-bond donors (Lipinski definition) is 2. The van der Waals surface area contributed by atoms with E-state index in [0.717, 1.165) is 22.4 Å². The number of carboxylic acids is 1. The number of amides is 1. The van der Waals surface area contributed by atoms with E-state index >= 15 is 0 Å². The van der Waals surface area contributed by atoms with E-state index in [-0.39, 0.29) is 24.0 Å². The van der Waals surface area contributed by atoms with Crippen LogP contribution in [0.1, 0.15) is 31.8 Å². The van der Waals surface area contributed by atoms with Gasteiger partial charge in [0.2, 0.25) is 6.79 Å². The number of aromatic hydroxyl groups is 1. The van der Waals surface area contributed by atoms with Crippen LogP contribution in [0, 0.1) is 0 Å². The summed E-state index contributed by atoms with van der Waals surface area (Å²) in [5, 5.41) is 19.1. The van der Waals surface area contributed by atoms with Gasteiger partial charge in [0.15, 0.2) is 11.5 Å². The second-order valence-electron chi connectivity index (χ2n) is 8.81. The highest BCUT2D eigenvalue weighted by atomic mass is 16.7. The maximum atomic E-state index is 13.6. The average molecular weight is 512 g/mol. The van der Waals surface area contributed by atoms with E-state index in [1.165, 1.54) is 12.1 Å². The molecule has 0 spiro atoms. The predicted molar refractivity (Wildman–Crippen MR) is 140 cm³/mol. The molecule has 0 saturated heterocycles. The van der Waals surface area contributed by atoms with Gasteiger partial charge in [-0.1, -0.05) is 42.5 Å². The minimum Gasteiger partial charge on any atom is -0.507 e. The van der Waals surface area contributed by atoms with E-state index in [2.05, 4.69) is 0 Å². The SMILES string of the molecule is COc1ccc(CN(Cc2ccc(-c3ccc(O)c(C(=O)O)c3)cc2)C(=O)c2ccc3c(c2)OCO3)cc1. The molecule has 2 N–H and O–H groups in total. The normalized spacial score (nSPS) is 11.7. The lowest BCUT2D eigenvalue weighted by Crippen LogP contribution is -2.30. The molecular weight excluding hydrogens is 486 g/mol. The number of phenols is 1. The number of hydrogen-bond acceptors (Lipinski definition) is 6. The first kappa shape index (κ1) is 24.7. The zero-order valence-corrected chi connectivity index (χ0v) is 20.6. The van der Waals surface area contributed by atoms with Crippen molar-refractivity contribution in [2.45, 2.75) is 13.1 Å². The van der Waals surface area contributed by atoms with Gasteiger partial charge < -0.3 is 29.3 Å². The molecule has 0 bridgehead atoms. The Bertz CT molecular complexity index is 1480. The van der Waals surface area contributed by atoms with Crippen molar-refractivity contribution in [2.24, 2.45) is 0 Å². The fourth-order valence-electron chi connectivity index (χ4n) is 4.27. The van der Waals surface area contributed by atoms with Crippen LogP contribution in [0.3, 0.4) is 0 Å². The van der Waals surface area contributed by atoms with Crippen molar-refractivity contribution >= 4 is 11.9 Å². The summed E-state index contributed by atoms with van der Waals surface area (Å²) in [6, 6.07) is 24.7. The summed E-state index contributed by atoms with van der Waals surface area (Å²) in [4.78, 5) is 26.8. The molecule has 8 nitrogen and oxygen atoms in total. The molecule has 4 aromatic rings. The third-order valence-electron chi connectivity index (χ3n) is 6.33. The zero-order valence-electron chi connectivity index (χ0n) is 20.6. The summed E-state index contributed by atoms with van der Waals surface area (Å²) in [6.07, 6.45) is 0. The molecule has 192 valence electrons. The molecular formula is C30H25NO7. The fraction of sp³-hybridized carbons (Fsp3) is 0.133. The summed E-state index contributed by atoms with van der Waals surface area (Å²) in [7, 11) is 1.61. The van der Waals surface area contributed by atoms with E-state index in [9.17, 15) is 19.8 Å². The van der Waals surface area contributed by atoms with Gasteiger partial charge in [0.1, 0.15) is 17.1 Å². The zero-order chi connectivity index (χ0) is 26.6. The molecule has 0 aromatic heterocycles. The minimum atomic E-state index is -1.20. The highest BCUT2D eigenvalue weighted by molar-refractivity contribution is 5.95. The van der Waals surface area contributed by atoms with E-state index < -0.39 is 5.97 Å². The van der Waals surface area contributed by atoms with Crippen LogP contribution >= 0.6 is 0 Å². The maximum Gasteiger partial charge on any atom is 0.339 e. The first-order valence-electron chi connectivity index (χ1n) is 11.9. The topological polar surface area (TPSA) is 106 Å². The Morgan fingerprint density at radius 1 is 0.816 bits per heavy atom. The number of benzene rings is 4. The quantitative estimate of drug-likeness (QED) is 0.329. The van der Waals surface area contributed by atoms with Crippen molar-refractivity contribution < 1.29 is 34.0 Å². The first-order valence-corrected chi connectivity index (χ1v) is 11.9. The van der Waals surface area contributed by atoms with Crippen LogP contribution in [0.15, 0.2) is 84.9 Å². The van der Waals surface area contributed by atoms with E-state index in [1.807, 2.05) is 48.5 Å². The summed E-state index contributed by atoms with van der Waals surface area (Å²) in [5.41, 5.74) is 3.63. The van der Waals surface area contributed by atoms with Crippen molar-refractivity contribution in [3.63, 3.8) is 0 Å². The Morgan fingerprint density at radius 3 is 2.11 bits per heavy atom. The molecule has 1 aliphatic heterocycles. The van der Waals surface area contributed by atoms with Gasteiger partial charge in [-0.3, -0.25) is 4.79 Å². The number of nitrogens with zero attached hydrogens (tertiary/aromatic N) is 1. The lowest BCUT2D eigenvalue weighted by Gasteiger charge is -2.24. The molecule has 38 heavy (non-hydrogen) atoms. The summed E-state index contributed by atoms with van der Waals surface area (Å²) < 4.78 is 16.1. The van der Waals surface area contributed by atoms with Crippen molar-refractivity contribution in [3.8, 4) is 34.1 Å². The summed E-state index contributed by atoms with van der Waals surface area (Å²) >= 11 is 0. The number of carboxylic acid groups (broad SMARTS) is 1. The number of ether oxygens (including phenoxy) is 3. The van der Waals surface area contributed by atoms with Crippen molar-refractivity contribution in [2.75, 3.05) is 13.9 Å². The molecule has 0 atom stereocenters. The molecule has 0 saturated carbocycles. The standard InChI is InChI=1S/C30H25NO7/c1-36-24-10-4-20(5-11-24)17-31(29(33)23-9-13-27-28(15-23)38-18-37-27)16-19-2-6-21(7-3-19)22-8-12-26(32)25(14-22)30(34)35/h2-15,32H,16-18H2,1H3,(H,34,35). The number of aromatic carboxylic acids is 1. The Labute approximate surface area is 219 Å². The number of carbonyl (C=O) groups excluding carboxylic acids is 1. The van der Waals surface area contributed by atoms with E-state index in [1.54, 1.807) is 36.3 Å². The molecule has 0 fully saturated rings. The number of rotatable bonds is 8. The second kappa shape index (κ2) is 10.6. The molecule has 0 unspecified atom stereocenters. The van der Waals surface area contributed by atoms with E-state index in [4.69, 9.17) is 14.2 Å². The van der Waals surface area contributed by atoms with Crippen LogP contribution in [0.4, 0.5) is 0 Å². The molecule has 0 aliphatic carbocycles. The van der Waals surface area contributed by atoms with Crippen molar-refractivity contribution in [1.29, 1.82) is 0 Å². The molecule has 8 heteroatoms. The Balaban J connectivity index is 1.40. The van der Waals surface area contributed by atoms with Gasteiger partial charge in [-0.05, 0) is 64.7 Å². The number of methoxy groups -OCH3 is 1. The van der Waals surface area contributed by atoms with Crippen molar-refractivity contribution in [1.82, 2.24) is 4.90 Å². The van der Waals surface area contributed by atoms with Crippen LogP contribution in [0.5, 0.6) is 23.0 Å². The Hall–Kier alpha value is -4.98. The van der Waals surface area contributed by atoms with Crippen LogP contribution in [0.25, 0.3) is 11.1 Å².